The molecule has 0 atom stereocenters. The third-order valence-corrected chi connectivity index (χ3v) is 3.00. The molecule has 0 unspecified atom stereocenters. The number of halogens is 4. The van der Waals surface area contributed by atoms with Gasteiger partial charge in [0.05, 0.1) is 23.2 Å². The van der Waals surface area contributed by atoms with Crippen molar-refractivity contribution in [1.82, 2.24) is 9.97 Å². The normalized spacial score (nSPS) is 11.8. The van der Waals surface area contributed by atoms with E-state index in [0.717, 1.165) is 6.07 Å². The maximum absolute atomic E-state index is 12.7. The second kappa shape index (κ2) is 4.84. The predicted octanol–water partition coefficient (Wildman–Crippen LogP) is 3.52. The molecule has 102 valence electrons. The molecule has 0 saturated heterocycles. The van der Waals surface area contributed by atoms with Crippen molar-refractivity contribution in [3.05, 3.63) is 28.0 Å². The summed E-state index contributed by atoms with van der Waals surface area (Å²) in [4.78, 5) is 17.8. The van der Waals surface area contributed by atoms with Crippen LogP contribution in [0.4, 0.5) is 13.2 Å². The highest BCUT2D eigenvalue weighted by molar-refractivity contribution is 9.10. The van der Waals surface area contributed by atoms with Gasteiger partial charge >= 0.3 is 12.1 Å². The fourth-order valence-electron chi connectivity index (χ4n) is 1.54. The van der Waals surface area contributed by atoms with Gasteiger partial charge in [0.15, 0.2) is 0 Å². The monoisotopic (exact) mass is 336 g/mol. The number of H-pyrrole nitrogens is 1. The molecule has 1 aromatic heterocycles. The van der Waals surface area contributed by atoms with Crippen LogP contribution in [0.5, 0.6) is 0 Å². The molecule has 0 aliphatic rings. The van der Waals surface area contributed by atoms with Gasteiger partial charge in [0, 0.05) is 4.47 Å². The maximum Gasteiger partial charge on any atom is 0.417 e. The number of aromatic nitrogens is 2. The van der Waals surface area contributed by atoms with Crippen LogP contribution < -0.4 is 0 Å². The van der Waals surface area contributed by atoms with E-state index in [4.69, 9.17) is 4.74 Å². The Labute approximate surface area is 114 Å². The van der Waals surface area contributed by atoms with Crippen LogP contribution in [0.1, 0.15) is 23.1 Å². The zero-order valence-corrected chi connectivity index (χ0v) is 11.2. The number of nitrogens with one attached hydrogen (secondary N) is 1. The Balaban J connectivity index is 2.52. The van der Waals surface area contributed by atoms with Gasteiger partial charge in [-0.05, 0) is 19.1 Å². The summed E-state index contributed by atoms with van der Waals surface area (Å²) in [5, 5.41) is 0. The van der Waals surface area contributed by atoms with E-state index in [1.807, 2.05) is 0 Å². The van der Waals surface area contributed by atoms with Crippen LogP contribution in [0.3, 0.4) is 0 Å². The Hall–Kier alpha value is -1.57. The first-order valence-corrected chi connectivity index (χ1v) is 6.05. The Morgan fingerprint density at radius 3 is 2.74 bits per heavy atom. The van der Waals surface area contributed by atoms with Gasteiger partial charge < -0.3 is 9.72 Å². The van der Waals surface area contributed by atoms with E-state index in [-0.39, 0.29) is 27.9 Å². The van der Waals surface area contributed by atoms with E-state index in [2.05, 4.69) is 25.9 Å². The van der Waals surface area contributed by atoms with Crippen molar-refractivity contribution in [2.75, 3.05) is 6.61 Å². The van der Waals surface area contributed by atoms with Crippen LogP contribution in [0.2, 0.25) is 0 Å². The van der Waals surface area contributed by atoms with Crippen molar-refractivity contribution in [3.63, 3.8) is 0 Å². The van der Waals surface area contributed by atoms with E-state index >= 15 is 0 Å². The Morgan fingerprint density at radius 2 is 2.16 bits per heavy atom. The molecule has 0 fully saturated rings. The number of alkyl halides is 3. The van der Waals surface area contributed by atoms with Crippen LogP contribution >= 0.6 is 15.9 Å². The van der Waals surface area contributed by atoms with Crippen LogP contribution in [-0.2, 0) is 10.9 Å². The number of imidazole rings is 1. The molecule has 2 aromatic rings. The van der Waals surface area contributed by atoms with Crippen molar-refractivity contribution >= 4 is 32.9 Å². The number of carbonyl (C=O) groups excluding carboxylic acids is 1. The number of aromatic amines is 1. The largest absolute Gasteiger partial charge is 0.460 e. The molecule has 1 aromatic carbocycles. The quantitative estimate of drug-likeness (QED) is 0.853. The third kappa shape index (κ3) is 2.73. The Bertz CT molecular complexity index is 637. The van der Waals surface area contributed by atoms with Gasteiger partial charge in [-0.1, -0.05) is 15.9 Å². The summed E-state index contributed by atoms with van der Waals surface area (Å²) in [7, 11) is 0. The van der Waals surface area contributed by atoms with Crippen LogP contribution in [-0.4, -0.2) is 22.5 Å². The van der Waals surface area contributed by atoms with Gasteiger partial charge in [0.25, 0.3) is 0 Å². The molecule has 2 rings (SSSR count). The Morgan fingerprint density at radius 1 is 1.47 bits per heavy atom. The summed E-state index contributed by atoms with van der Waals surface area (Å²) < 4.78 is 42.7. The highest BCUT2D eigenvalue weighted by Crippen LogP contribution is 2.36. The fourth-order valence-corrected chi connectivity index (χ4v) is 2.10. The molecule has 0 radical (unpaired) electrons. The molecule has 1 heterocycles. The highest BCUT2D eigenvalue weighted by atomic mass is 79.9. The molecule has 0 spiro atoms. The number of hydrogen-bond acceptors (Lipinski definition) is 3. The van der Waals surface area contributed by atoms with Crippen molar-refractivity contribution in [2.45, 2.75) is 13.1 Å². The molecule has 8 heteroatoms. The zero-order chi connectivity index (χ0) is 14.2. The summed E-state index contributed by atoms with van der Waals surface area (Å²) in [6, 6.07) is 2.10. The molecule has 0 aliphatic heterocycles. The number of nitrogens with zero attached hydrogens (tertiary/aromatic N) is 1. The van der Waals surface area contributed by atoms with Gasteiger partial charge in [-0.3, -0.25) is 0 Å². The van der Waals surface area contributed by atoms with Gasteiger partial charge in [0.1, 0.15) is 0 Å². The molecular formula is C11H8BrF3N2O2. The minimum atomic E-state index is -4.48. The van der Waals surface area contributed by atoms with Gasteiger partial charge in [-0.2, -0.15) is 13.2 Å². The molecule has 0 aliphatic carbocycles. The lowest BCUT2D eigenvalue weighted by Crippen LogP contribution is -2.06. The lowest BCUT2D eigenvalue weighted by molar-refractivity contribution is -0.138. The number of ether oxygens (including phenoxy) is 1. The predicted molar refractivity (Wildman–Crippen MR) is 64.8 cm³/mol. The molecule has 0 bridgehead atoms. The van der Waals surface area contributed by atoms with E-state index in [1.54, 1.807) is 6.92 Å². The number of fused-ring (bicyclic) bond motifs is 1. The first-order chi connectivity index (χ1) is 8.82. The van der Waals surface area contributed by atoms with E-state index < -0.39 is 17.7 Å². The van der Waals surface area contributed by atoms with Crippen molar-refractivity contribution in [1.29, 1.82) is 0 Å². The lowest BCUT2D eigenvalue weighted by atomic mass is 10.2. The second-order valence-corrected chi connectivity index (χ2v) is 4.51. The van der Waals surface area contributed by atoms with Crippen LogP contribution in [0.25, 0.3) is 11.0 Å². The molecule has 1 N–H and O–H groups in total. The zero-order valence-electron chi connectivity index (χ0n) is 9.64. The van der Waals surface area contributed by atoms with Crippen molar-refractivity contribution in [2.24, 2.45) is 0 Å². The number of rotatable bonds is 2. The summed E-state index contributed by atoms with van der Waals surface area (Å²) in [6.07, 6.45) is -4.48. The standard InChI is InChI=1S/C11H8BrF3N2O2/c1-2-19-10(18)9-16-7-3-5(11(13,14)15)6(12)4-8(7)17-9/h3-4H,2H2,1H3,(H,16,17). The second-order valence-electron chi connectivity index (χ2n) is 3.65. The summed E-state index contributed by atoms with van der Waals surface area (Å²) in [5.74, 6) is -0.827. The number of esters is 1. The van der Waals surface area contributed by atoms with Gasteiger partial charge in [0.2, 0.25) is 5.82 Å². The fraction of sp³-hybridized carbons (Fsp3) is 0.273. The maximum atomic E-state index is 12.7. The molecular weight excluding hydrogens is 329 g/mol. The van der Waals surface area contributed by atoms with Gasteiger partial charge in [-0.25, -0.2) is 9.78 Å². The number of carbonyl (C=O) groups is 1. The average Bonchev–Trinajstić information content (AvgIpc) is 2.69. The SMILES string of the molecule is CCOC(=O)c1nc2cc(Br)c(C(F)(F)F)cc2[nH]1. The first-order valence-electron chi connectivity index (χ1n) is 5.26. The summed E-state index contributed by atoms with van der Waals surface area (Å²) >= 11 is 2.84. The molecule has 0 amide bonds. The minimum Gasteiger partial charge on any atom is -0.460 e. The third-order valence-electron chi connectivity index (χ3n) is 2.34. The van der Waals surface area contributed by atoms with Crippen LogP contribution in [0.15, 0.2) is 16.6 Å². The average molecular weight is 337 g/mol. The first kappa shape index (κ1) is 13.9. The van der Waals surface area contributed by atoms with Gasteiger partial charge in [-0.15, -0.1) is 0 Å². The molecule has 19 heavy (non-hydrogen) atoms. The van der Waals surface area contributed by atoms with Crippen molar-refractivity contribution < 1.29 is 22.7 Å². The summed E-state index contributed by atoms with van der Waals surface area (Å²) in [6.45, 7) is 1.78. The molecule has 0 saturated carbocycles. The lowest BCUT2D eigenvalue weighted by Gasteiger charge is -2.08. The van der Waals surface area contributed by atoms with E-state index in [1.165, 1.54) is 6.07 Å². The smallest absolute Gasteiger partial charge is 0.417 e. The Kier molecular flexibility index (Phi) is 3.53. The number of hydrogen-bond donors (Lipinski definition) is 1. The van der Waals surface area contributed by atoms with Crippen LogP contribution in [0, 0.1) is 0 Å². The van der Waals surface area contributed by atoms with E-state index in [9.17, 15) is 18.0 Å². The molecule has 4 nitrogen and oxygen atoms in total. The number of benzene rings is 1. The van der Waals surface area contributed by atoms with Crippen molar-refractivity contribution in [3.8, 4) is 0 Å². The minimum absolute atomic E-state index is 0.122. The summed E-state index contributed by atoms with van der Waals surface area (Å²) in [5.41, 5.74) is -0.458. The van der Waals surface area contributed by atoms with E-state index in [0.29, 0.717) is 0 Å². The highest BCUT2D eigenvalue weighted by Gasteiger charge is 2.33. The topological polar surface area (TPSA) is 55.0 Å².